The minimum atomic E-state index is -1.06. The van der Waals surface area contributed by atoms with Crippen molar-refractivity contribution in [2.75, 3.05) is 6.61 Å². The molecular weight excluding hydrogens is 328 g/mol. The topological polar surface area (TPSA) is 83.2 Å². The first kappa shape index (κ1) is 17.4. The minimum absolute atomic E-state index is 0.250. The number of aryl methyl sites for hydroxylation is 1. The standard InChI is InChI=1S/C21H18N2O3/c1-2-4-14-7-8-19-18(10-14)17(11-20(23-19)26-13-21(24)25)16-6-3-5-15(9-16)12-22/h3,5-11H,2,4,13H2,1H3,(H,24,25). The van der Waals surface area contributed by atoms with E-state index in [1.165, 1.54) is 5.56 Å². The van der Waals surface area contributed by atoms with Crippen LogP contribution in [0.15, 0.2) is 48.5 Å². The lowest BCUT2D eigenvalue weighted by Crippen LogP contribution is -2.10. The van der Waals surface area contributed by atoms with Gasteiger partial charge in [0.15, 0.2) is 6.61 Å². The Morgan fingerprint density at radius 1 is 1.23 bits per heavy atom. The summed E-state index contributed by atoms with van der Waals surface area (Å²) >= 11 is 0. The summed E-state index contributed by atoms with van der Waals surface area (Å²) < 4.78 is 5.30. The maximum atomic E-state index is 10.8. The predicted molar refractivity (Wildman–Crippen MR) is 99.0 cm³/mol. The molecule has 0 saturated carbocycles. The van der Waals surface area contributed by atoms with Crippen LogP contribution in [-0.4, -0.2) is 22.7 Å². The highest BCUT2D eigenvalue weighted by Gasteiger charge is 2.11. The summed E-state index contributed by atoms with van der Waals surface area (Å²) in [6.07, 6.45) is 2.00. The third-order valence-corrected chi connectivity index (χ3v) is 4.03. The Bertz CT molecular complexity index is 1010. The molecule has 5 heteroatoms. The number of carbonyl (C=O) groups is 1. The zero-order valence-electron chi connectivity index (χ0n) is 14.4. The summed E-state index contributed by atoms with van der Waals surface area (Å²) in [5.41, 5.74) is 4.23. The maximum absolute atomic E-state index is 10.8. The second-order valence-corrected chi connectivity index (χ2v) is 5.98. The summed E-state index contributed by atoms with van der Waals surface area (Å²) in [7, 11) is 0. The van der Waals surface area contributed by atoms with Crippen molar-refractivity contribution in [2.24, 2.45) is 0 Å². The molecule has 5 nitrogen and oxygen atoms in total. The fourth-order valence-electron chi connectivity index (χ4n) is 2.90. The van der Waals surface area contributed by atoms with Crippen molar-refractivity contribution in [1.82, 2.24) is 4.98 Å². The fourth-order valence-corrected chi connectivity index (χ4v) is 2.90. The average Bonchev–Trinajstić information content (AvgIpc) is 2.66. The van der Waals surface area contributed by atoms with Crippen molar-refractivity contribution < 1.29 is 14.6 Å². The molecular formula is C21H18N2O3. The van der Waals surface area contributed by atoms with Crippen molar-refractivity contribution in [2.45, 2.75) is 19.8 Å². The molecule has 0 aliphatic rings. The lowest BCUT2D eigenvalue weighted by atomic mass is 9.97. The zero-order valence-corrected chi connectivity index (χ0v) is 14.4. The van der Waals surface area contributed by atoms with E-state index in [0.717, 1.165) is 34.9 Å². The van der Waals surface area contributed by atoms with Gasteiger partial charge in [-0.05, 0) is 47.4 Å². The lowest BCUT2D eigenvalue weighted by Gasteiger charge is -2.12. The summed E-state index contributed by atoms with van der Waals surface area (Å²) in [5, 5.41) is 19.0. The largest absolute Gasteiger partial charge is 0.479 e. The number of hydrogen-bond acceptors (Lipinski definition) is 4. The van der Waals surface area contributed by atoms with Crippen LogP contribution in [0.3, 0.4) is 0 Å². The number of fused-ring (bicyclic) bond motifs is 1. The average molecular weight is 346 g/mol. The van der Waals surface area contributed by atoms with Gasteiger partial charge in [-0.15, -0.1) is 0 Å². The number of aromatic nitrogens is 1. The molecule has 1 heterocycles. The van der Waals surface area contributed by atoms with Crippen LogP contribution in [0.1, 0.15) is 24.5 Å². The number of hydrogen-bond donors (Lipinski definition) is 1. The van der Waals surface area contributed by atoms with Crippen molar-refractivity contribution in [1.29, 1.82) is 5.26 Å². The molecule has 1 N–H and O–H groups in total. The van der Waals surface area contributed by atoms with Crippen LogP contribution in [0, 0.1) is 11.3 Å². The van der Waals surface area contributed by atoms with E-state index in [2.05, 4.69) is 24.0 Å². The lowest BCUT2D eigenvalue weighted by molar-refractivity contribution is -0.139. The number of benzene rings is 2. The molecule has 0 amide bonds. The van der Waals surface area contributed by atoms with Crippen molar-refractivity contribution in [3.05, 3.63) is 59.7 Å². The van der Waals surface area contributed by atoms with Crippen LogP contribution in [-0.2, 0) is 11.2 Å². The number of nitrogens with zero attached hydrogens (tertiary/aromatic N) is 2. The Morgan fingerprint density at radius 2 is 2.08 bits per heavy atom. The monoisotopic (exact) mass is 346 g/mol. The molecule has 0 aliphatic heterocycles. The molecule has 0 aliphatic carbocycles. The zero-order chi connectivity index (χ0) is 18.5. The molecule has 0 unspecified atom stereocenters. The number of ether oxygens (including phenoxy) is 1. The van der Waals surface area contributed by atoms with Crippen LogP contribution in [0.2, 0.25) is 0 Å². The third kappa shape index (κ3) is 3.81. The van der Waals surface area contributed by atoms with E-state index in [1.807, 2.05) is 30.3 Å². The van der Waals surface area contributed by atoms with E-state index < -0.39 is 12.6 Å². The van der Waals surface area contributed by atoms with E-state index in [0.29, 0.717) is 5.56 Å². The van der Waals surface area contributed by atoms with Gasteiger partial charge in [-0.2, -0.15) is 5.26 Å². The van der Waals surface area contributed by atoms with E-state index in [1.54, 1.807) is 12.1 Å². The molecule has 0 atom stereocenters. The highest BCUT2D eigenvalue weighted by atomic mass is 16.5. The molecule has 0 spiro atoms. The SMILES string of the molecule is CCCc1ccc2nc(OCC(=O)O)cc(-c3cccc(C#N)c3)c2c1. The van der Waals surface area contributed by atoms with Crippen molar-refractivity contribution >= 4 is 16.9 Å². The van der Waals surface area contributed by atoms with Gasteiger partial charge in [-0.3, -0.25) is 0 Å². The number of nitriles is 1. The van der Waals surface area contributed by atoms with Crippen LogP contribution in [0.5, 0.6) is 5.88 Å². The number of carboxylic acid groups (broad SMARTS) is 1. The number of rotatable bonds is 6. The normalized spacial score (nSPS) is 10.5. The molecule has 3 aromatic rings. The molecule has 0 fully saturated rings. The summed E-state index contributed by atoms with van der Waals surface area (Å²) in [5.74, 6) is -0.807. The van der Waals surface area contributed by atoms with Gasteiger partial charge in [0.05, 0.1) is 17.1 Å². The fraction of sp³-hybridized carbons (Fsp3) is 0.190. The van der Waals surface area contributed by atoms with Crippen LogP contribution in [0.4, 0.5) is 0 Å². The van der Waals surface area contributed by atoms with Gasteiger partial charge in [0.1, 0.15) is 0 Å². The highest BCUT2D eigenvalue weighted by Crippen LogP contribution is 2.32. The molecule has 0 bridgehead atoms. The summed E-state index contributed by atoms with van der Waals surface area (Å²) in [4.78, 5) is 15.2. The second-order valence-electron chi connectivity index (χ2n) is 5.98. The van der Waals surface area contributed by atoms with Gasteiger partial charge in [-0.25, -0.2) is 9.78 Å². The molecule has 3 rings (SSSR count). The van der Waals surface area contributed by atoms with E-state index in [9.17, 15) is 10.1 Å². The highest BCUT2D eigenvalue weighted by molar-refractivity contribution is 5.95. The third-order valence-electron chi connectivity index (χ3n) is 4.03. The summed E-state index contributed by atoms with van der Waals surface area (Å²) in [6.45, 7) is 1.67. The molecule has 130 valence electrons. The van der Waals surface area contributed by atoms with Gasteiger partial charge < -0.3 is 9.84 Å². The number of carboxylic acids is 1. The first-order chi connectivity index (χ1) is 12.6. The number of aliphatic carboxylic acids is 1. The van der Waals surface area contributed by atoms with Crippen LogP contribution >= 0.6 is 0 Å². The van der Waals surface area contributed by atoms with Crippen molar-refractivity contribution in [3.63, 3.8) is 0 Å². The molecule has 0 radical (unpaired) electrons. The van der Waals surface area contributed by atoms with Crippen LogP contribution in [0.25, 0.3) is 22.0 Å². The second kappa shape index (κ2) is 7.66. The van der Waals surface area contributed by atoms with E-state index in [4.69, 9.17) is 9.84 Å². The Hall–Kier alpha value is -3.39. The van der Waals surface area contributed by atoms with Crippen LogP contribution < -0.4 is 4.74 Å². The Kier molecular flexibility index (Phi) is 5.14. The first-order valence-electron chi connectivity index (χ1n) is 8.39. The van der Waals surface area contributed by atoms with Gasteiger partial charge >= 0.3 is 5.97 Å². The minimum Gasteiger partial charge on any atom is -0.479 e. The quantitative estimate of drug-likeness (QED) is 0.723. The smallest absolute Gasteiger partial charge is 0.341 e. The summed E-state index contributed by atoms with van der Waals surface area (Å²) in [6, 6.07) is 17.2. The molecule has 0 saturated heterocycles. The van der Waals surface area contributed by atoms with E-state index >= 15 is 0 Å². The molecule has 2 aromatic carbocycles. The maximum Gasteiger partial charge on any atom is 0.341 e. The number of pyridine rings is 1. The Balaban J connectivity index is 2.19. The predicted octanol–water partition coefficient (Wildman–Crippen LogP) is 4.19. The first-order valence-corrected chi connectivity index (χ1v) is 8.39. The van der Waals surface area contributed by atoms with Gasteiger partial charge in [0, 0.05) is 11.5 Å². The molecule has 26 heavy (non-hydrogen) atoms. The van der Waals surface area contributed by atoms with Gasteiger partial charge in [0.25, 0.3) is 0 Å². The molecule has 1 aromatic heterocycles. The van der Waals surface area contributed by atoms with Crippen molar-refractivity contribution in [3.8, 4) is 23.1 Å². The Labute approximate surface area is 151 Å². The van der Waals surface area contributed by atoms with Gasteiger partial charge in [0.2, 0.25) is 5.88 Å². The van der Waals surface area contributed by atoms with Gasteiger partial charge in [-0.1, -0.05) is 31.5 Å². The van der Waals surface area contributed by atoms with E-state index in [-0.39, 0.29) is 5.88 Å². The Morgan fingerprint density at radius 3 is 2.81 bits per heavy atom.